The van der Waals surface area contributed by atoms with Crippen molar-refractivity contribution in [1.82, 2.24) is 10.2 Å². The Morgan fingerprint density at radius 3 is 2.56 bits per heavy atom. The van der Waals surface area contributed by atoms with Gasteiger partial charge in [-0.05, 0) is 83.1 Å². The van der Waals surface area contributed by atoms with Crippen molar-refractivity contribution >= 4 is 0 Å². The van der Waals surface area contributed by atoms with Gasteiger partial charge in [0.25, 0.3) is 0 Å². The van der Waals surface area contributed by atoms with E-state index in [2.05, 4.69) is 24.2 Å². The van der Waals surface area contributed by atoms with Crippen LogP contribution >= 0.6 is 0 Å². The Labute approximate surface area is 114 Å². The molecule has 2 atom stereocenters. The topological polar surface area (TPSA) is 15.3 Å². The first-order valence-electron chi connectivity index (χ1n) is 8.13. The number of hydrogen-bond donors (Lipinski definition) is 1. The number of nitrogens with one attached hydrogen (secondary N) is 1. The normalized spacial score (nSPS) is 31.7. The molecule has 0 aromatic carbocycles. The third-order valence-electron chi connectivity index (χ3n) is 5.05. The molecular formula is C16H32N2. The molecule has 1 saturated carbocycles. The zero-order chi connectivity index (χ0) is 12.8. The fourth-order valence-electron chi connectivity index (χ4n) is 3.71. The molecule has 2 fully saturated rings. The molecule has 2 heteroatoms. The van der Waals surface area contributed by atoms with Crippen LogP contribution in [-0.4, -0.2) is 38.1 Å². The van der Waals surface area contributed by atoms with Gasteiger partial charge in [0.1, 0.15) is 0 Å². The van der Waals surface area contributed by atoms with E-state index in [0.29, 0.717) is 0 Å². The summed E-state index contributed by atoms with van der Waals surface area (Å²) in [6.07, 6.45) is 10.1. The van der Waals surface area contributed by atoms with Crippen molar-refractivity contribution in [2.45, 2.75) is 51.9 Å². The summed E-state index contributed by atoms with van der Waals surface area (Å²) in [7, 11) is 2.25. The highest BCUT2D eigenvalue weighted by Gasteiger charge is 2.19. The highest BCUT2D eigenvalue weighted by atomic mass is 15.1. The standard InChI is InChI=1S/C16H32N2/c1-14-4-3-5-16(12-14)13-17-9-6-15-7-10-18(2)11-8-15/h14-17H,3-13H2,1-2H3. The molecule has 1 aliphatic heterocycles. The summed E-state index contributed by atoms with van der Waals surface area (Å²) in [5.41, 5.74) is 0. The Hall–Kier alpha value is -0.0800. The molecule has 1 aliphatic carbocycles. The highest BCUT2D eigenvalue weighted by molar-refractivity contribution is 4.74. The van der Waals surface area contributed by atoms with E-state index in [4.69, 9.17) is 0 Å². The van der Waals surface area contributed by atoms with E-state index in [1.807, 2.05) is 0 Å². The first-order valence-corrected chi connectivity index (χ1v) is 8.13. The van der Waals surface area contributed by atoms with Gasteiger partial charge in [-0.3, -0.25) is 0 Å². The highest BCUT2D eigenvalue weighted by Crippen LogP contribution is 2.28. The van der Waals surface area contributed by atoms with Gasteiger partial charge in [-0.2, -0.15) is 0 Å². The van der Waals surface area contributed by atoms with Gasteiger partial charge in [-0.1, -0.05) is 19.8 Å². The molecule has 0 aromatic rings. The maximum absolute atomic E-state index is 3.72. The number of piperidine rings is 1. The zero-order valence-electron chi connectivity index (χ0n) is 12.5. The Balaban J connectivity index is 1.50. The molecule has 2 unspecified atom stereocenters. The predicted octanol–water partition coefficient (Wildman–Crippen LogP) is 3.13. The number of rotatable bonds is 5. The Morgan fingerprint density at radius 2 is 1.83 bits per heavy atom. The fourth-order valence-corrected chi connectivity index (χ4v) is 3.71. The Morgan fingerprint density at radius 1 is 1.06 bits per heavy atom. The quantitative estimate of drug-likeness (QED) is 0.756. The van der Waals surface area contributed by atoms with Gasteiger partial charge in [0, 0.05) is 0 Å². The Kier molecular flexibility index (Phi) is 5.97. The second-order valence-corrected chi connectivity index (χ2v) is 6.88. The van der Waals surface area contributed by atoms with E-state index >= 15 is 0 Å². The summed E-state index contributed by atoms with van der Waals surface area (Å²) in [6.45, 7) is 7.57. The molecule has 18 heavy (non-hydrogen) atoms. The molecule has 1 heterocycles. The van der Waals surface area contributed by atoms with Gasteiger partial charge >= 0.3 is 0 Å². The molecule has 2 rings (SSSR count). The molecule has 0 aromatic heterocycles. The summed E-state index contributed by atoms with van der Waals surface area (Å²) in [6, 6.07) is 0. The minimum absolute atomic E-state index is 0.964. The van der Waals surface area contributed by atoms with Crippen molar-refractivity contribution < 1.29 is 0 Å². The van der Waals surface area contributed by atoms with Crippen LogP contribution in [0.5, 0.6) is 0 Å². The lowest BCUT2D eigenvalue weighted by molar-refractivity contribution is 0.209. The lowest BCUT2D eigenvalue weighted by Crippen LogP contribution is -2.32. The van der Waals surface area contributed by atoms with Gasteiger partial charge in [-0.25, -0.2) is 0 Å². The van der Waals surface area contributed by atoms with Crippen LogP contribution in [0, 0.1) is 17.8 Å². The average molecular weight is 252 g/mol. The van der Waals surface area contributed by atoms with Gasteiger partial charge < -0.3 is 10.2 Å². The first-order chi connectivity index (χ1) is 8.74. The molecule has 0 radical (unpaired) electrons. The van der Waals surface area contributed by atoms with Crippen LogP contribution in [0.4, 0.5) is 0 Å². The van der Waals surface area contributed by atoms with Crippen LogP contribution in [0.25, 0.3) is 0 Å². The maximum atomic E-state index is 3.72. The van der Waals surface area contributed by atoms with Crippen molar-refractivity contribution in [3.63, 3.8) is 0 Å². The van der Waals surface area contributed by atoms with Crippen LogP contribution in [-0.2, 0) is 0 Å². The summed E-state index contributed by atoms with van der Waals surface area (Å²) < 4.78 is 0. The van der Waals surface area contributed by atoms with Crippen molar-refractivity contribution in [2.24, 2.45) is 17.8 Å². The predicted molar refractivity (Wildman–Crippen MR) is 78.8 cm³/mol. The van der Waals surface area contributed by atoms with Crippen LogP contribution < -0.4 is 5.32 Å². The molecule has 1 N–H and O–H groups in total. The van der Waals surface area contributed by atoms with Gasteiger partial charge in [0.2, 0.25) is 0 Å². The van der Waals surface area contributed by atoms with Crippen molar-refractivity contribution in [2.75, 3.05) is 33.2 Å². The Bertz CT molecular complexity index is 221. The minimum Gasteiger partial charge on any atom is -0.316 e. The van der Waals surface area contributed by atoms with E-state index in [-0.39, 0.29) is 0 Å². The van der Waals surface area contributed by atoms with Crippen LogP contribution in [0.1, 0.15) is 51.9 Å². The van der Waals surface area contributed by atoms with Crippen LogP contribution in [0.2, 0.25) is 0 Å². The van der Waals surface area contributed by atoms with Crippen molar-refractivity contribution in [3.8, 4) is 0 Å². The smallest absolute Gasteiger partial charge is 0.00191 e. The molecule has 0 spiro atoms. The molecule has 0 amide bonds. The number of nitrogens with zero attached hydrogens (tertiary/aromatic N) is 1. The third kappa shape index (κ3) is 4.89. The number of likely N-dealkylation sites (tertiary alicyclic amines) is 1. The van der Waals surface area contributed by atoms with E-state index in [1.54, 1.807) is 0 Å². The average Bonchev–Trinajstić information content (AvgIpc) is 2.37. The molecule has 2 aliphatic rings. The van der Waals surface area contributed by atoms with Crippen LogP contribution in [0.3, 0.4) is 0 Å². The van der Waals surface area contributed by atoms with E-state index in [0.717, 1.165) is 17.8 Å². The van der Waals surface area contributed by atoms with Gasteiger partial charge in [0.05, 0.1) is 0 Å². The first kappa shape index (κ1) is 14.3. The maximum Gasteiger partial charge on any atom is -0.00191 e. The summed E-state index contributed by atoms with van der Waals surface area (Å²) in [5.74, 6) is 2.92. The molecule has 1 saturated heterocycles. The molecular weight excluding hydrogens is 220 g/mol. The largest absolute Gasteiger partial charge is 0.316 e. The van der Waals surface area contributed by atoms with Crippen LogP contribution in [0.15, 0.2) is 0 Å². The van der Waals surface area contributed by atoms with Gasteiger partial charge in [-0.15, -0.1) is 0 Å². The lowest BCUT2D eigenvalue weighted by atomic mass is 9.82. The van der Waals surface area contributed by atoms with Gasteiger partial charge in [0.15, 0.2) is 0 Å². The van der Waals surface area contributed by atoms with Crippen molar-refractivity contribution in [3.05, 3.63) is 0 Å². The fraction of sp³-hybridized carbons (Fsp3) is 1.00. The third-order valence-corrected chi connectivity index (χ3v) is 5.05. The van der Waals surface area contributed by atoms with E-state index < -0.39 is 0 Å². The summed E-state index contributed by atoms with van der Waals surface area (Å²) in [5, 5.41) is 3.72. The van der Waals surface area contributed by atoms with Crippen molar-refractivity contribution in [1.29, 1.82) is 0 Å². The van der Waals surface area contributed by atoms with E-state index in [9.17, 15) is 0 Å². The zero-order valence-corrected chi connectivity index (χ0v) is 12.5. The lowest BCUT2D eigenvalue weighted by Gasteiger charge is -2.30. The number of hydrogen-bond acceptors (Lipinski definition) is 2. The summed E-state index contributed by atoms with van der Waals surface area (Å²) >= 11 is 0. The summed E-state index contributed by atoms with van der Waals surface area (Å²) in [4.78, 5) is 2.47. The molecule has 2 nitrogen and oxygen atoms in total. The minimum atomic E-state index is 0.964. The second kappa shape index (κ2) is 7.49. The molecule has 106 valence electrons. The monoisotopic (exact) mass is 252 g/mol. The molecule has 0 bridgehead atoms. The SMILES string of the molecule is CC1CCCC(CNCCC2CCN(C)CC2)C1. The second-order valence-electron chi connectivity index (χ2n) is 6.88. The van der Waals surface area contributed by atoms with E-state index in [1.165, 1.54) is 71.1 Å².